The highest BCUT2D eigenvalue weighted by atomic mass is 32.2. The molecule has 38 heteroatoms. The number of hydrogen-bond acceptors (Lipinski definition) is 20. The zero-order valence-electron chi connectivity index (χ0n) is 75.1. The van der Waals surface area contributed by atoms with Crippen molar-refractivity contribution in [3.63, 3.8) is 0 Å². The zero-order chi connectivity index (χ0) is 96.6. The van der Waals surface area contributed by atoms with Crippen LogP contribution in [0.3, 0.4) is 0 Å². The zero-order valence-corrected chi connectivity index (χ0v) is 75.9. The number of rotatable bonds is 25. The van der Waals surface area contributed by atoms with Gasteiger partial charge in [0.15, 0.2) is 0 Å². The molecule has 0 unspecified atom stereocenters. The van der Waals surface area contributed by atoms with Crippen LogP contribution in [0.4, 0.5) is 0 Å². The Morgan fingerprint density at radius 1 is 0.447 bits per heavy atom. The van der Waals surface area contributed by atoms with Crippen molar-refractivity contribution in [3.05, 3.63) is 203 Å². The number of phenolic OH excluding ortho intramolecular Hbond substituents is 2. The van der Waals surface area contributed by atoms with Gasteiger partial charge in [-0.3, -0.25) is 81.5 Å². The van der Waals surface area contributed by atoms with Gasteiger partial charge in [0.2, 0.25) is 88.6 Å². The number of carboxylic acids is 2. The van der Waals surface area contributed by atoms with Crippen molar-refractivity contribution in [2.75, 3.05) is 52.8 Å². The number of aromatic hydroxyl groups is 2. The number of unbranched alkanes of at least 4 members (excludes halogenated alkanes) is 1. The van der Waals surface area contributed by atoms with E-state index in [1.54, 1.807) is 142 Å². The van der Waals surface area contributed by atoms with Crippen LogP contribution in [-0.4, -0.2) is 271 Å². The van der Waals surface area contributed by atoms with E-state index in [1.807, 2.05) is 0 Å². The number of nitrogens with zero attached hydrogens (tertiary/aromatic N) is 4. The summed E-state index contributed by atoms with van der Waals surface area (Å²) in [7, 11) is 5.03. The molecular formula is C94H118N16O21S. The number of thioether (sulfide) groups is 1. The molecule has 7 aromatic rings. The van der Waals surface area contributed by atoms with E-state index in [4.69, 9.17) is 5.73 Å². The van der Waals surface area contributed by atoms with Crippen LogP contribution in [0, 0.1) is 11.8 Å². The van der Waals surface area contributed by atoms with Crippen molar-refractivity contribution in [3.8, 4) is 11.5 Å². The lowest BCUT2D eigenvalue weighted by Gasteiger charge is -2.36. The monoisotopic (exact) mass is 1840 g/mol. The minimum atomic E-state index is -2.12. The predicted molar refractivity (Wildman–Crippen MR) is 489 cm³/mol. The average Bonchev–Trinajstić information content (AvgIpc) is 1.28. The number of nitrogens with two attached hydrogens (primary N) is 1. The Bertz CT molecular complexity index is 5200. The van der Waals surface area contributed by atoms with Gasteiger partial charge in [-0.2, -0.15) is 0 Å². The Kier molecular flexibility index (Phi) is 39.2. The van der Waals surface area contributed by atoms with Crippen LogP contribution in [0.15, 0.2) is 170 Å². The number of primary amides is 1. The molecule has 6 aromatic carbocycles. The summed E-state index contributed by atoms with van der Waals surface area (Å²) in [5, 5.41) is 68.0. The number of amides is 15. The molecule has 1 saturated heterocycles. The maximum absolute atomic E-state index is 15.6. The topological polar surface area (TPSA) is 546 Å². The first-order chi connectivity index (χ1) is 62.8. The number of aromatic amines is 1. The first-order valence-corrected chi connectivity index (χ1v) is 44.5. The van der Waals surface area contributed by atoms with Gasteiger partial charge in [0.25, 0.3) is 0 Å². The quantitative estimate of drug-likeness (QED) is 0.0388. The number of phenols is 2. The Labute approximate surface area is 768 Å². The van der Waals surface area contributed by atoms with Crippen LogP contribution in [0.2, 0.25) is 0 Å². The van der Waals surface area contributed by atoms with Crippen LogP contribution in [0.5, 0.6) is 11.5 Å². The Balaban J connectivity index is 1.23. The largest absolute Gasteiger partial charge is 0.508 e. The maximum atomic E-state index is 15.6. The Morgan fingerprint density at radius 3 is 1.40 bits per heavy atom. The normalized spacial score (nSPS) is 22.1. The minimum Gasteiger partial charge on any atom is -0.508 e. The third-order valence-electron chi connectivity index (χ3n) is 22.3. The molecule has 706 valence electrons. The van der Waals surface area contributed by atoms with Crippen molar-refractivity contribution in [1.82, 2.24) is 77.8 Å². The molecule has 17 N–H and O–H groups in total. The number of carboxylic acid groups (broad SMARTS) is 2. The van der Waals surface area contributed by atoms with E-state index in [0.29, 0.717) is 50.7 Å². The molecule has 12 atom stereocenters. The Morgan fingerprint density at radius 2 is 0.871 bits per heavy atom. The van der Waals surface area contributed by atoms with Gasteiger partial charge >= 0.3 is 11.9 Å². The van der Waals surface area contributed by atoms with Gasteiger partial charge in [-0.15, -0.1) is 11.8 Å². The van der Waals surface area contributed by atoms with Gasteiger partial charge in [0.05, 0.1) is 31.7 Å². The molecule has 0 aliphatic carbocycles. The van der Waals surface area contributed by atoms with Gasteiger partial charge in [-0.25, -0.2) is 0 Å². The number of H-pyrrole nitrogens is 1. The van der Waals surface area contributed by atoms with Gasteiger partial charge in [-0.1, -0.05) is 181 Å². The molecule has 0 radical (unpaired) electrons. The summed E-state index contributed by atoms with van der Waals surface area (Å²) in [5.41, 5.74) is 8.88. The lowest BCUT2D eigenvalue weighted by atomic mass is 9.98. The van der Waals surface area contributed by atoms with E-state index in [0.717, 1.165) is 31.4 Å². The molecule has 37 nitrogen and oxygen atoms in total. The van der Waals surface area contributed by atoms with Crippen molar-refractivity contribution in [2.45, 2.75) is 184 Å². The van der Waals surface area contributed by atoms with Crippen molar-refractivity contribution >= 4 is 123 Å². The fourth-order valence-corrected chi connectivity index (χ4v) is 16.0. The van der Waals surface area contributed by atoms with Crippen molar-refractivity contribution in [1.29, 1.82) is 0 Å². The minimum absolute atomic E-state index is 0.111. The maximum Gasteiger partial charge on any atom is 0.305 e. The number of likely N-dealkylation sites (N-methyl/N-ethyl adjacent to an activating group) is 4. The number of carbonyl (C=O) groups excluding carboxylic acids is 15. The van der Waals surface area contributed by atoms with E-state index in [1.165, 1.54) is 90.6 Å². The molecule has 0 saturated carbocycles. The second-order valence-electron chi connectivity index (χ2n) is 33.5. The summed E-state index contributed by atoms with van der Waals surface area (Å²) in [5.74, 6) is -20.8. The van der Waals surface area contributed by atoms with E-state index < -0.39 is 216 Å². The van der Waals surface area contributed by atoms with E-state index in [2.05, 4.69) is 58.2 Å². The first-order valence-electron chi connectivity index (χ1n) is 43.3. The molecule has 1 fully saturated rings. The number of para-hydroxylation sites is 1. The fraction of sp³-hybridized carbons (Fsp3) is 0.415. The molecule has 1 aromatic heterocycles. The van der Waals surface area contributed by atoms with E-state index >= 15 is 38.4 Å². The number of fused-ring (bicyclic) bond motifs is 1. The van der Waals surface area contributed by atoms with E-state index in [-0.39, 0.29) is 75.2 Å². The summed E-state index contributed by atoms with van der Waals surface area (Å²) >= 11 is 0.798. The van der Waals surface area contributed by atoms with Crippen LogP contribution < -0.4 is 58.9 Å². The highest BCUT2D eigenvalue weighted by Gasteiger charge is 2.43. The summed E-state index contributed by atoms with van der Waals surface area (Å²) in [6.45, 7) is 6.72. The third-order valence-corrected chi connectivity index (χ3v) is 23.4. The number of aromatic nitrogens is 1. The first kappa shape index (κ1) is 103. The van der Waals surface area contributed by atoms with E-state index in [9.17, 15) is 63.6 Å². The number of hydrogen-bond donors (Lipinski definition) is 16. The molecule has 1 aliphatic heterocycles. The van der Waals surface area contributed by atoms with Crippen LogP contribution in [-0.2, 0) is 120 Å². The molecule has 15 amide bonds. The highest BCUT2D eigenvalue weighted by molar-refractivity contribution is 8.00. The average molecular weight is 1840 g/mol. The third kappa shape index (κ3) is 31.3. The highest BCUT2D eigenvalue weighted by Crippen LogP contribution is 2.25. The molecule has 2 heterocycles. The summed E-state index contributed by atoms with van der Waals surface area (Å²) in [4.78, 5) is 256. The predicted octanol–water partition coefficient (Wildman–Crippen LogP) is 1.83. The summed E-state index contributed by atoms with van der Waals surface area (Å²) < 4.78 is 0. The molecule has 0 bridgehead atoms. The lowest BCUT2D eigenvalue weighted by Crippen LogP contribution is -2.62. The van der Waals surface area contributed by atoms with Gasteiger partial charge in [0, 0.05) is 89.6 Å². The fourth-order valence-electron chi connectivity index (χ4n) is 15.1. The molecular weight excluding hydrogens is 1720 g/mol. The summed E-state index contributed by atoms with van der Waals surface area (Å²) in [6, 6.07) is 23.5. The number of aliphatic carboxylic acids is 2. The van der Waals surface area contributed by atoms with Gasteiger partial charge < -0.3 is 104 Å². The van der Waals surface area contributed by atoms with Crippen LogP contribution in [0.1, 0.15) is 107 Å². The molecule has 8 rings (SSSR count). The van der Waals surface area contributed by atoms with Crippen LogP contribution in [0.25, 0.3) is 10.9 Å². The molecule has 132 heavy (non-hydrogen) atoms. The number of carbonyl (C=O) groups is 17. The van der Waals surface area contributed by atoms with Gasteiger partial charge in [-0.05, 0) is 88.4 Å². The Hall–Kier alpha value is -14.2. The second-order valence-corrected chi connectivity index (χ2v) is 34.5. The van der Waals surface area contributed by atoms with Crippen molar-refractivity contribution in [2.24, 2.45) is 17.6 Å². The SMILES string of the molecule is CCCC[C@H]1C(=O)N[C@H](CC(=O)O)C(=O)N[C@@H](CC(=O)O)C(=O)N[C@@H](C(C)C)C(=O)N(C)[C@@H](Cc2ccccc2)C(=O)N[C@@H](Cc2ccc(O)cc2)C(=O)N(C)CC(=O)N[C@@H](Cc2c[nH]c3ccccc23)C(=O)N[C@@H](Cc2ccc(O)cc2)C(=O)N[C@@H](CC(C)C)C(=O)N[C@H](C(=O)NCC(N)=O)CSCC(=O)N[C@@H](Cc2ccccc2)C(=O)N(C)[C@@H](Cc2ccccc2)C(=O)N1C. The number of benzene rings is 6. The summed E-state index contributed by atoms with van der Waals surface area (Å²) in [6.07, 6.45) is -1.93. The lowest BCUT2D eigenvalue weighted by molar-refractivity contribution is -0.149. The number of nitrogens with one attached hydrogen (secondary N) is 11. The van der Waals surface area contributed by atoms with Gasteiger partial charge in [0.1, 0.15) is 84.0 Å². The smallest absolute Gasteiger partial charge is 0.305 e. The molecule has 0 spiro atoms. The standard InChI is InChI=1S/C94H118N16O21S/c1-10-11-31-74-89(126)103-69(47-80(116)117)87(124)102-70(48-81(118)119)88(125)106-82(55(4)5)94(131)109(8)75(44-57-25-17-13-18-26-57)90(127)104-71(43-60-34-38-63(112)39-35-60)91(128)107(6)51-78(114)98-68(46-61-49-96-65-30-22-21-29-64(61)65)86(123)101-67(41-59-32-36-62(111)37-33-59)85(122)100-66(40-54(2)3)84(121)105-73(83(120)97-50-77(95)113)52-132-53-79(115)99-72(42-56-23-15-12-16-24-56)92(129)110(9)76(93(130)108(74)7)45-58-27-19-14-20-28-58/h12-30,32-39,49,54-55,66-76,82,96,111-112H,10-11,31,40-48,50-53H2,1-9H3,(H2,95,113)(H,97,120)(H,98,114)(H,99,115)(H,100,122)(H,101,123)(H,102,124)(H,103,126)(H,104,127)(H,105,121)(H,106,125)(H,116,117)(H,118,119)/t66-,67-,68-,69+,70-,71-,72-,73-,74-,75-,76-,82-/m0/s1. The molecule has 1 aliphatic rings. The van der Waals surface area contributed by atoms with Crippen molar-refractivity contribution < 1.29 is 102 Å². The second kappa shape index (κ2) is 50.1. The van der Waals surface area contributed by atoms with Crippen LogP contribution >= 0.6 is 11.8 Å².